The number of nitrogens with one attached hydrogen (secondary N) is 1. The first-order valence-electron chi connectivity index (χ1n) is 7.21. The predicted octanol–water partition coefficient (Wildman–Crippen LogP) is 2.63. The van der Waals surface area contributed by atoms with Crippen molar-refractivity contribution in [3.63, 3.8) is 0 Å². The van der Waals surface area contributed by atoms with Gasteiger partial charge in [-0.3, -0.25) is 4.79 Å². The van der Waals surface area contributed by atoms with E-state index in [1.807, 2.05) is 6.07 Å². The summed E-state index contributed by atoms with van der Waals surface area (Å²) in [6.45, 7) is 1.55. The zero-order valence-corrected chi connectivity index (χ0v) is 11.5. The van der Waals surface area contributed by atoms with Crippen LogP contribution in [0.1, 0.15) is 43.7 Å². The third kappa shape index (κ3) is 2.52. The number of fused-ring (bicyclic) bond motifs is 1. The Morgan fingerprint density at radius 3 is 2.63 bits per heavy atom. The van der Waals surface area contributed by atoms with Gasteiger partial charge in [0.2, 0.25) is 5.91 Å². The molecule has 0 unspecified atom stereocenters. The molecule has 0 bridgehead atoms. The van der Waals surface area contributed by atoms with Gasteiger partial charge in [0, 0.05) is 18.7 Å². The van der Waals surface area contributed by atoms with Crippen molar-refractivity contribution in [2.45, 2.75) is 51.5 Å². The van der Waals surface area contributed by atoms with Crippen LogP contribution in [0.25, 0.3) is 0 Å². The molecule has 1 spiro atoms. The largest absolute Gasteiger partial charge is 0.328 e. The topological polar surface area (TPSA) is 55.1 Å². The van der Waals surface area contributed by atoms with E-state index in [-0.39, 0.29) is 5.91 Å². The van der Waals surface area contributed by atoms with Gasteiger partial charge >= 0.3 is 0 Å². The second kappa shape index (κ2) is 4.64. The van der Waals surface area contributed by atoms with Gasteiger partial charge in [-0.1, -0.05) is 6.07 Å². The van der Waals surface area contributed by atoms with Crippen molar-refractivity contribution in [2.75, 3.05) is 5.32 Å². The maximum absolute atomic E-state index is 11.1. The van der Waals surface area contributed by atoms with E-state index in [0.29, 0.717) is 11.5 Å². The Morgan fingerprint density at radius 1 is 1.26 bits per heavy atom. The van der Waals surface area contributed by atoms with Crippen LogP contribution >= 0.6 is 0 Å². The standard InChI is InChI=1S/C16H22N2O/c1-11(19)18-15-3-2-12-9-16(10-13(12)8-15)6-4-14(17)5-7-16/h2-3,8,14H,4-7,9-10,17H2,1H3,(H,18,19). The van der Waals surface area contributed by atoms with Crippen LogP contribution in [0, 0.1) is 5.41 Å². The molecule has 2 aliphatic carbocycles. The number of nitrogens with two attached hydrogens (primary N) is 1. The Hall–Kier alpha value is -1.35. The molecule has 1 aromatic rings. The van der Waals surface area contributed by atoms with Gasteiger partial charge in [0.05, 0.1) is 0 Å². The molecule has 0 saturated heterocycles. The van der Waals surface area contributed by atoms with Crippen molar-refractivity contribution in [1.29, 1.82) is 0 Å². The fourth-order valence-corrected chi connectivity index (χ4v) is 3.72. The number of hydrogen-bond donors (Lipinski definition) is 2. The number of hydrogen-bond acceptors (Lipinski definition) is 2. The molecule has 0 aliphatic heterocycles. The number of amides is 1. The van der Waals surface area contributed by atoms with E-state index >= 15 is 0 Å². The predicted molar refractivity (Wildman–Crippen MR) is 77.0 cm³/mol. The fourth-order valence-electron chi connectivity index (χ4n) is 3.72. The van der Waals surface area contributed by atoms with Gasteiger partial charge in [-0.05, 0) is 67.2 Å². The van der Waals surface area contributed by atoms with E-state index in [4.69, 9.17) is 5.73 Å². The summed E-state index contributed by atoms with van der Waals surface area (Å²) in [4.78, 5) is 11.1. The summed E-state index contributed by atoms with van der Waals surface area (Å²) >= 11 is 0. The van der Waals surface area contributed by atoms with Crippen LogP contribution in [0.5, 0.6) is 0 Å². The molecule has 102 valence electrons. The Kier molecular flexibility index (Phi) is 3.09. The Labute approximate surface area is 114 Å². The monoisotopic (exact) mass is 258 g/mol. The summed E-state index contributed by atoms with van der Waals surface area (Å²) in [5, 5.41) is 2.87. The average Bonchev–Trinajstić information content (AvgIpc) is 2.70. The lowest BCUT2D eigenvalue weighted by atomic mass is 9.71. The smallest absolute Gasteiger partial charge is 0.221 e. The van der Waals surface area contributed by atoms with Crippen LogP contribution < -0.4 is 11.1 Å². The van der Waals surface area contributed by atoms with E-state index < -0.39 is 0 Å². The van der Waals surface area contributed by atoms with E-state index in [1.54, 1.807) is 6.92 Å². The third-order valence-electron chi connectivity index (χ3n) is 4.75. The molecule has 1 aromatic carbocycles. The molecule has 0 heterocycles. The molecule has 0 atom stereocenters. The highest BCUT2D eigenvalue weighted by atomic mass is 16.1. The Morgan fingerprint density at radius 2 is 1.95 bits per heavy atom. The Bertz CT molecular complexity index is 501. The average molecular weight is 258 g/mol. The van der Waals surface area contributed by atoms with Crippen LogP contribution in [0.3, 0.4) is 0 Å². The summed E-state index contributed by atoms with van der Waals surface area (Å²) in [5.74, 6) is -0.00343. The second-order valence-electron chi connectivity index (χ2n) is 6.36. The number of benzene rings is 1. The van der Waals surface area contributed by atoms with Gasteiger partial charge in [-0.15, -0.1) is 0 Å². The van der Waals surface area contributed by atoms with Gasteiger partial charge in [-0.2, -0.15) is 0 Å². The minimum atomic E-state index is -0.00343. The van der Waals surface area contributed by atoms with Crippen LogP contribution in [-0.4, -0.2) is 11.9 Å². The van der Waals surface area contributed by atoms with Gasteiger partial charge in [-0.25, -0.2) is 0 Å². The van der Waals surface area contributed by atoms with Crippen molar-refractivity contribution in [2.24, 2.45) is 11.1 Å². The summed E-state index contributed by atoms with van der Waals surface area (Å²) in [6.07, 6.45) is 7.16. The molecule has 0 aromatic heterocycles. The molecule has 3 nitrogen and oxygen atoms in total. The van der Waals surface area contributed by atoms with Crippen LogP contribution in [0.4, 0.5) is 5.69 Å². The second-order valence-corrected chi connectivity index (χ2v) is 6.36. The summed E-state index contributed by atoms with van der Waals surface area (Å²) in [6, 6.07) is 6.77. The first kappa shape index (κ1) is 12.7. The lowest BCUT2D eigenvalue weighted by Gasteiger charge is -2.36. The number of anilines is 1. The van der Waals surface area contributed by atoms with E-state index in [2.05, 4.69) is 17.4 Å². The molecule has 1 saturated carbocycles. The molecule has 3 rings (SSSR count). The molecule has 1 amide bonds. The van der Waals surface area contributed by atoms with Crippen molar-refractivity contribution >= 4 is 11.6 Å². The quantitative estimate of drug-likeness (QED) is 0.813. The van der Waals surface area contributed by atoms with Crippen LogP contribution in [-0.2, 0) is 17.6 Å². The van der Waals surface area contributed by atoms with Gasteiger partial charge in [0.25, 0.3) is 0 Å². The minimum Gasteiger partial charge on any atom is -0.328 e. The van der Waals surface area contributed by atoms with Crippen molar-refractivity contribution in [1.82, 2.24) is 0 Å². The van der Waals surface area contributed by atoms with E-state index in [9.17, 15) is 4.79 Å². The highest BCUT2D eigenvalue weighted by molar-refractivity contribution is 5.88. The maximum atomic E-state index is 11.1. The summed E-state index contributed by atoms with van der Waals surface area (Å²) in [7, 11) is 0. The van der Waals surface area contributed by atoms with E-state index in [0.717, 1.165) is 24.9 Å². The van der Waals surface area contributed by atoms with Crippen LogP contribution in [0.15, 0.2) is 18.2 Å². The number of rotatable bonds is 1. The first-order valence-corrected chi connectivity index (χ1v) is 7.21. The zero-order chi connectivity index (χ0) is 13.5. The normalized spacial score (nSPS) is 29.3. The highest BCUT2D eigenvalue weighted by Gasteiger charge is 2.39. The molecule has 19 heavy (non-hydrogen) atoms. The molecular formula is C16H22N2O. The SMILES string of the molecule is CC(=O)Nc1ccc2c(c1)CC1(CCC(N)CC1)C2. The Balaban J connectivity index is 1.78. The molecule has 3 N–H and O–H groups in total. The lowest BCUT2D eigenvalue weighted by molar-refractivity contribution is -0.114. The van der Waals surface area contributed by atoms with Gasteiger partial charge < -0.3 is 11.1 Å². The molecular weight excluding hydrogens is 236 g/mol. The van der Waals surface area contributed by atoms with Crippen molar-refractivity contribution in [3.05, 3.63) is 29.3 Å². The minimum absolute atomic E-state index is 0.00343. The third-order valence-corrected chi connectivity index (χ3v) is 4.75. The molecule has 2 aliphatic rings. The number of carbonyl (C=O) groups is 1. The van der Waals surface area contributed by atoms with Gasteiger partial charge in [0.15, 0.2) is 0 Å². The molecule has 1 fully saturated rings. The highest BCUT2D eigenvalue weighted by Crippen LogP contribution is 2.47. The lowest BCUT2D eigenvalue weighted by Crippen LogP contribution is -2.34. The van der Waals surface area contributed by atoms with E-state index in [1.165, 1.54) is 30.4 Å². The van der Waals surface area contributed by atoms with Crippen LogP contribution in [0.2, 0.25) is 0 Å². The van der Waals surface area contributed by atoms with Crippen molar-refractivity contribution < 1.29 is 4.79 Å². The number of carbonyl (C=O) groups excluding carboxylic acids is 1. The van der Waals surface area contributed by atoms with Crippen molar-refractivity contribution in [3.8, 4) is 0 Å². The summed E-state index contributed by atoms with van der Waals surface area (Å²) in [5.41, 5.74) is 10.3. The van der Waals surface area contributed by atoms with Gasteiger partial charge in [0.1, 0.15) is 0 Å². The fraction of sp³-hybridized carbons (Fsp3) is 0.562. The first-order chi connectivity index (χ1) is 9.06. The molecule has 0 radical (unpaired) electrons. The summed E-state index contributed by atoms with van der Waals surface area (Å²) < 4.78 is 0. The molecule has 3 heteroatoms. The zero-order valence-electron chi connectivity index (χ0n) is 11.5. The maximum Gasteiger partial charge on any atom is 0.221 e.